The van der Waals surface area contributed by atoms with E-state index >= 15 is 0 Å². The molecule has 5 nitrogen and oxygen atoms in total. The predicted octanol–water partition coefficient (Wildman–Crippen LogP) is 4.27. The lowest BCUT2D eigenvalue weighted by atomic mass is 10.2. The van der Waals surface area contributed by atoms with Crippen LogP contribution in [0.5, 0.6) is 5.75 Å². The van der Waals surface area contributed by atoms with Gasteiger partial charge in [-0.3, -0.25) is 4.79 Å². The Morgan fingerprint density at radius 3 is 3.00 bits per heavy atom. The Labute approximate surface area is 144 Å². The summed E-state index contributed by atoms with van der Waals surface area (Å²) in [5.41, 5.74) is 2.98. The molecule has 0 spiro atoms. The first-order valence-electron chi connectivity index (χ1n) is 7.79. The maximum atomic E-state index is 12.5. The first-order valence-corrected chi connectivity index (χ1v) is 8.17. The molecule has 0 saturated carbocycles. The van der Waals surface area contributed by atoms with E-state index in [0.29, 0.717) is 23.0 Å². The lowest BCUT2D eigenvalue weighted by Gasteiger charge is -2.10. The standard InChI is InChI=1S/C18H16ClN3O2/c19-12-2-4-14-11(8-12)9-16(22-14)18(23)21-13-3-5-17-15(10-13)20-6-1-7-24-17/h2-5,8-10,20,22H,1,6-7H2,(H,21,23). The molecule has 0 aliphatic carbocycles. The molecular formula is C18H16ClN3O2. The first-order chi connectivity index (χ1) is 11.7. The molecule has 3 N–H and O–H groups in total. The fourth-order valence-corrected chi connectivity index (χ4v) is 2.95. The van der Waals surface area contributed by atoms with Gasteiger partial charge in [0.15, 0.2) is 0 Å². The number of hydrogen-bond acceptors (Lipinski definition) is 3. The number of H-pyrrole nitrogens is 1. The molecule has 0 radical (unpaired) electrons. The molecule has 1 aliphatic heterocycles. The van der Waals surface area contributed by atoms with E-state index in [4.69, 9.17) is 16.3 Å². The maximum Gasteiger partial charge on any atom is 0.272 e. The van der Waals surface area contributed by atoms with E-state index in [-0.39, 0.29) is 5.91 Å². The molecular weight excluding hydrogens is 326 g/mol. The Kier molecular flexibility index (Phi) is 3.78. The number of carbonyl (C=O) groups is 1. The van der Waals surface area contributed by atoms with E-state index in [1.54, 1.807) is 12.1 Å². The third-order valence-corrected chi connectivity index (χ3v) is 4.19. The summed E-state index contributed by atoms with van der Waals surface area (Å²) in [6, 6.07) is 12.9. The minimum Gasteiger partial charge on any atom is -0.491 e. The molecule has 1 aliphatic rings. The highest BCUT2D eigenvalue weighted by atomic mass is 35.5. The van der Waals surface area contributed by atoms with Gasteiger partial charge >= 0.3 is 0 Å². The zero-order chi connectivity index (χ0) is 16.5. The Morgan fingerprint density at radius 2 is 2.08 bits per heavy atom. The van der Waals surface area contributed by atoms with Gasteiger partial charge in [0.2, 0.25) is 0 Å². The molecule has 0 fully saturated rings. The number of carbonyl (C=O) groups excluding carboxylic acids is 1. The van der Waals surface area contributed by atoms with E-state index < -0.39 is 0 Å². The maximum absolute atomic E-state index is 12.5. The van der Waals surface area contributed by atoms with Gasteiger partial charge in [-0.15, -0.1) is 0 Å². The van der Waals surface area contributed by atoms with Crippen LogP contribution in [-0.2, 0) is 0 Å². The number of rotatable bonds is 2. The van der Waals surface area contributed by atoms with Gasteiger partial charge in [-0.1, -0.05) is 11.6 Å². The second-order valence-electron chi connectivity index (χ2n) is 5.71. The van der Waals surface area contributed by atoms with Gasteiger partial charge in [0.1, 0.15) is 11.4 Å². The molecule has 4 rings (SSSR count). The highest BCUT2D eigenvalue weighted by molar-refractivity contribution is 6.31. The molecule has 2 heterocycles. The van der Waals surface area contributed by atoms with Crippen LogP contribution >= 0.6 is 11.6 Å². The van der Waals surface area contributed by atoms with Crippen molar-refractivity contribution < 1.29 is 9.53 Å². The minimum atomic E-state index is -0.197. The second-order valence-corrected chi connectivity index (χ2v) is 6.14. The summed E-state index contributed by atoms with van der Waals surface area (Å²) < 4.78 is 5.65. The van der Waals surface area contributed by atoms with E-state index in [0.717, 1.165) is 35.3 Å². The SMILES string of the molecule is O=C(Nc1ccc2c(c1)NCCCO2)c1cc2cc(Cl)ccc2[nH]1. The fourth-order valence-electron chi connectivity index (χ4n) is 2.77. The number of benzene rings is 2. The molecule has 6 heteroatoms. The van der Waals surface area contributed by atoms with Gasteiger partial charge in [0, 0.05) is 28.2 Å². The summed E-state index contributed by atoms with van der Waals surface area (Å²) in [4.78, 5) is 15.6. The van der Waals surface area contributed by atoms with Crippen LogP contribution in [-0.4, -0.2) is 24.0 Å². The molecule has 0 saturated heterocycles. The topological polar surface area (TPSA) is 66.2 Å². The number of ether oxygens (including phenoxy) is 1. The van der Waals surface area contributed by atoms with Gasteiger partial charge in [-0.05, 0) is 48.9 Å². The van der Waals surface area contributed by atoms with Crippen molar-refractivity contribution in [3.63, 3.8) is 0 Å². The van der Waals surface area contributed by atoms with Crippen LogP contribution in [0, 0.1) is 0 Å². The number of aromatic nitrogens is 1. The second kappa shape index (κ2) is 6.09. The van der Waals surface area contributed by atoms with Crippen LogP contribution in [0.15, 0.2) is 42.5 Å². The predicted molar refractivity (Wildman–Crippen MR) is 96.3 cm³/mol. The molecule has 0 unspecified atom stereocenters. The molecule has 2 aromatic carbocycles. The Bertz CT molecular complexity index is 920. The molecule has 1 aromatic heterocycles. The van der Waals surface area contributed by atoms with Crippen LogP contribution < -0.4 is 15.4 Å². The van der Waals surface area contributed by atoms with Crippen molar-refractivity contribution in [1.82, 2.24) is 4.98 Å². The van der Waals surface area contributed by atoms with Crippen molar-refractivity contribution in [3.05, 3.63) is 53.2 Å². The van der Waals surface area contributed by atoms with Gasteiger partial charge in [0.05, 0.1) is 12.3 Å². The third-order valence-electron chi connectivity index (χ3n) is 3.96. The first kappa shape index (κ1) is 14.9. The van der Waals surface area contributed by atoms with Crippen LogP contribution in [0.25, 0.3) is 10.9 Å². The van der Waals surface area contributed by atoms with Gasteiger partial charge in [0.25, 0.3) is 5.91 Å². The monoisotopic (exact) mass is 341 g/mol. The third kappa shape index (κ3) is 2.90. The lowest BCUT2D eigenvalue weighted by molar-refractivity contribution is 0.102. The summed E-state index contributed by atoms with van der Waals surface area (Å²) in [7, 11) is 0. The molecule has 0 bridgehead atoms. The lowest BCUT2D eigenvalue weighted by Crippen LogP contribution is -2.12. The van der Waals surface area contributed by atoms with Gasteiger partial charge in [-0.25, -0.2) is 0 Å². The summed E-state index contributed by atoms with van der Waals surface area (Å²) >= 11 is 5.98. The zero-order valence-corrected chi connectivity index (χ0v) is 13.6. The Balaban J connectivity index is 1.57. The quantitative estimate of drug-likeness (QED) is 0.652. The van der Waals surface area contributed by atoms with Crippen molar-refractivity contribution >= 4 is 39.8 Å². The van der Waals surface area contributed by atoms with E-state index in [9.17, 15) is 4.79 Å². The number of hydrogen-bond donors (Lipinski definition) is 3. The Hall–Kier alpha value is -2.66. The smallest absolute Gasteiger partial charge is 0.272 e. The number of fused-ring (bicyclic) bond motifs is 2. The molecule has 3 aromatic rings. The van der Waals surface area contributed by atoms with Crippen LogP contribution in [0.1, 0.15) is 16.9 Å². The van der Waals surface area contributed by atoms with Crippen molar-refractivity contribution in [2.24, 2.45) is 0 Å². The van der Waals surface area contributed by atoms with Crippen LogP contribution in [0.3, 0.4) is 0 Å². The van der Waals surface area contributed by atoms with Crippen LogP contribution in [0.2, 0.25) is 5.02 Å². The van der Waals surface area contributed by atoms with Gasteiger partial charge < -0.3 is 20.4 Å². The van der Waals surface area contributed by atoms with E-state index in [1.165, 1.54) is 0 Å². The van der Waals surface area contributed by atoms with Crippen molar-refractivity contribution in [1.29, 1.82) is 0 Å². The van der Waals surface area contributed by atoms with Crippen molar-refractivity contribution in [2.45, 2.75) is 6.42 Å². The highest BCUT2D eigenvalue weighted by Gasteiger charge is 2.13. The van der Waals surface area contributed by atoms with E-state index in [2.05, 4.69) is 15.6 Å². The number of nitrogens with one attached hydrogen (secondary N) is 3. The number of anilines is 2. The largest absolute Gasteiger partial charge is 0.491 e. The Morgan fingerprint density at radius 1 is 1.17 bits per heavy atom. The summed E-state index contributed by atoms with van der Waals surface area (Å²) in [5.74, 6) is 0.613. The fraction of sp³-hybridized carbons (Fsp3) is 0.167. The van der Waals surface area contributed by atoms with Gasteiger partial charge in [-0.2, -0.15) is 0 Å². The normalized spacial score (nSPS) is 13.5. The highest BCUT2D eigenvalue weighted by Crippen LogP contribution is 2.30. The number of aromatic amines is 1. The number of halogens is 1. The number of amides is 1. The average Bonchev–Trinajstić information content (AvgIpc) is 2.85. The zero-order valence-electron chi connectivity index (χ0n) is 12.9. The van der Waals surface area contributed by atoms with Crippen molar-refractivity contribution in [3.8, 4) is 5.75 Å². The van der Waals surface area contributed by atoms with E-state index in [1.807, 2.05) is 30.3 Å². The van der Waals surface area contributed by atoms with Crippen molar-refractivity contribution in [2.75, 3.05) is 23.8 Å². The van der Waals surface area contributed by atoms with Crippen LogP contribution in [0.4, 0.5) is 11.4 Å². The molecule has 1 amide bonds. The summed E-state index contributed by atoms with van der Waals surface area (Å²) in [5, 5.41) is 7.76. The average molecular weight is 342 g/mol. The summed E-state index contributed by atoms with van der Waals surface area (Å²) in [6.07, 6.45) is 0.952. The molecule has 122 valence electrons. The summed E-state index contributed by atoms with van der Waals surface area (Å²) in [6.45, 7) is 1.55. The molecule has 0 atom stereocenters. The molecule has 24 heavy (non-hydrogen) atoms. The minimum absolute atomic E-state index is 0.197.